The molecule has 1 N–H and O–H groups in total. The Kier molecular flexibility index (Phi) is 5.98. The van der Waals surface area contributed by atoms with Gasteiger partial charge in [-0.15, -0.1) is 0 Å². The lowest BCUT2D eigenvalue weighted by Crippen LogP contribution is -2.53. The molecule has 2 saturated heterocycles. The molecule has 2 aromatic rings. The fourth-order valence-corrected chi connectivity index (χ4v) is 6.14. The Hall–Kier alpha value is -2.36. The predicted octanol–water partition coefficient (Wildman–Crippen LogP) is 3.26. The Morgan fingerprint density at radius 1 is 1.21 bits per heavy atom. The number of sulfonamides is 1. The number of ether oxygens (including phenoxy) is 1. The molecule has 5 rings (SSSR count). The number of carbonyl (C=O) groups excluding carboxylic acids is 1. The van der Waals surface area contributed by atoms with Crippen LogP contribution in [-0.4, -0.2) is 56.3 Å². The van der Waals surface area contributed by atoms with E-state index < -0.39 is 39.8 Å². The molecule has 1 saturated carbocycles. The second-order valence-corrected chi connectivity index (χ2v) is 11.6. The molecule has 1 amide bonds. The summed E-state index contributed by atoms with van der Waals surface area (Å²) in [6, 6.07) is 9.63. The highest BCUT2D eigenvalue weighted by Crippen LogP contribution is 2.56. The lowest BCUT2D eigenvalue weighted by Gasteiger charge is -2.34. The van der Waals surface area contributed by atoms with E-state index in [2.05, 4.69) is 4.72 Å². The highest BCUT2D eigenvalue weighted by Gasteiger charge is 2.61. The molecule has 0 bridgehead atoms. The van der Waals surface area contributed by atoms with Crippen LogP contribution in [0.3, 0.4) is 0 Å². The normalized spacial score (nSPS) is 25.4. The van der Waals surface area contributed by atoms with E-state index in [1.165, 1.54) is 18.2 Å². The van der Waals surface area contributed by atoms with Gasteiger partial charge in [0.2, 0.25) is 10.0 Å². The van der Waals surface area contributed by atoms with Crippen molar-refractivity contribution in [1.29, 1.82) is 0 Å². The van der Waals surface area contributed by atoms with Gasteiger partial charge in [-0.3, -0.25) is 4.79 Å². The number of hydrogen-bond donors (Lipinski definition) is 1. The molecule has 6 nitrogen and oxygen atoms in total. The van der Waals surface area contributed by atoms with Crippen LogP contribution in [0.1, 0.15) is 31.7 Å². The Morgan fingerprint density at radius 3 is 2.56 bits per heavy atom. The number of amides is 1. The van der Waals surface area contributed by atoms with Crippen molar-refractivity contribution in [2.45, 2.75) is 50.8 Å². The maximum Gasteiger partial charge on any atom is 0.252 e. The summed E-state index contributed by atoms with van der Waals surface area (Å²) < 4.78 is 62.7. The van der Waals surface area contributed by atoms with Gasteiger partial charge in [-0.1, -0.05) is 30.3 Å². The van der Waals surface area contributed by atoms with E-state index in [9.17, 15) is 17.6 Å². The molecule has 1 spiro atoms. The predicted molar refractivity (Wildman–Crippen MR) is 123 cm³/mol. The standard InChI is InChI=1S/C25H28F2N2O4S/c1-2-34(31,32)28-23-20(29(15-25(23)10-11-25)24(30)21-9-12-33-21)14-17-6-4-8-19(22(17)27)16-5-3-7-18(26)13-16/h3-8,13,20-21,23,28H,2,9-12,14-15H2,1H3/t20-,21?,23+/m0/s1. The molecular formula is C25H28F2N2O4S. The van der Waals surface area contributed by atoms with Gasteiger partial charge in [0.05, 0.1) is 18.4 Å². The van der Waals surface area contributed by atoms with Crippen LogP contribution < -0.4 is 4.72 Å². The largest absolute Gasteiger partial charge is 0.368 e. The highest BCUT2D eigenvalue weighted by atomic mass is 32.2. The van der Waals surface area contributed by atoms with E-state index >= 15 is 4.39 Å². The second kappa shape index (κ2) is 8.70. The molecule has 3 fully saturated rings. The van der Waals surface area contributed by atoms with Crippen molar-refractivity contribution in [2.24, 2.45) is 5.41 Å². The first-order chi connectivity index (χ1) is 16.2. The molecule has 3 atom stereocenters. The molecule has 1 unspecified atom stereocenters. The maximum atomic E-state index is 15.7. The second-order valence-electron chi connectivity index (χ2n) is 9.54. The number of carbonyl (C=O) groups is 1. The van der Waals surface area contributed by atoms with Crippen LogP contribution in [0.5, 0.6) is 0 Å². The molecular weight excluding hydrogens is 462 g/mol. The summed E-state index contributed by atoms with van der Waals surface area (Å²) in [5, 5.41) is 0. The Labute approximate surface area is 198 Å². The first-order valence-electron chi connectivity index (χ1n) is 11.7. The third-order valence-corrected chi connectivity index (χ3v) is 8.78. The minimum Gasteiger partial charge on any atom is -0.368 e. The van der Waals surface area contributed by atoms with Gasteiger partial charge in [0.15, 0.2) is 0 Å². The van der Waals surface area contributed by atoms with E-state index in [-0.39, 0.29) is 29.1 Å². The summed E-state index contributed by atoms with van der Waals surface area (Å²) >= 11 is 0. The van der Waals surface area contributed by atoms with Crippen LogP contribution in [0.15, 0.2) is 42.5 Å². The van der Waals surface area contributed by atoms with Crippen molar-refractivity contribution >= 4 is 15.9 Å². The Morgan fingerprint density at radius 2 is 1.94 bits per heavy atom. The van der Waals surface area contributed by atoms with Gasteiger partial charge in [-0.05, 0) is 49.4 Å². The van der Waals surface area contributed by atoms with Crippen molar-refractivity contribution in [3.05, 3.63) is 59.7 Å². The number of nitrogens with one attached hydrogen (secondary N) is 1. The SMILES string of the molecule is CCS(=O)(=O)N[C@@H]1[C@H](Cc2cccc(-c3cccc(F)c3)c2F)N(C(=O)C2CCO2)CC12CC2. The van der Waals surface area contributed by atoms with Gasteiger partial charge in [0.25, 0.3) is 5.91 Å². The van der Waals surface area contributed by atoms with Crippen molar-refractivity contribution in [1.82, 2.24) is 9.62 Å². The van der Waals surface area contributed by atoms with Gasteiger partial charge < -0.3 is 9.64 Å². The number of nitrogens with zero attached hydrogens (tertiary/aromatic N) is 1. The van der Waals surface area contributed by atoms with E-state index in [1.807, 2.05) is 0 Å². The molecule has 9 heteroatoms. The lowest BCUT2D eigenvalue weighted by atomic mass is 9.91. The fourth-order valence-electron chi connectivity index (χ4n) is 5.18. The van der Waals surface area contributed by atoms with Crippen LogP contribution in [0.25, 0.3) is 11.1 Å². The smallest absolute Gasteiger partial charge is 0.252 e. The van der Waals surface area contributed by atoms with E-state index in [1.54, 1.807) is 36.1 Å². The van der Waals surface area contributed by atoms with Crippen molar-refractivity contribution in [3.8, 4) is 11.1 Å². The van der Waals surface area contributed by atoms with E-state index in [0.717, 1.165) is 12.8 Å². The maximum absolute atomic E-state index is 15.7. The van der Waals surface area contributed by atoms with Gasteiger partial charge in [0, 0.05) is 30.0 Å². The third-order valence-electron chi connectivity index (χ3n) is 7.41. The van der Waals surface area contributed by atoms with Gasteiger partial charge >= 0.3 is 0 Å². The summed E-state index contributed by atoms with van der Waals surface area (Å²) in [7, 11) is -3.54. The molecule has 3 aliphatic rings. The van der Waals surface area contributed by atoms with Gasteiger partial charge in [-0.2, -0.15) is 0 Å². The van der Waals surface area contributed by atoms with Crippen LogP contribution in [0.2, 0.25) is 0 Å². The molecule has 1 aliphatic carbocycles. The average Bonchev–Trinajstić information content (AvgIpc) is 3.49. The quantitative estimate of drug-likeness (QED) is 0.647. The zero-order valence-electron chi connectivity index (χ0n) is 19.0. The molecule has 2 aliphatic heterocycles. The average molecular weight is 491 g/mol. The number of rotatable bonds is 7. The zero-order chi connectivity index (χ0) is 24.1. The number of likely N-dealkylation sites (tertiary alicyclic amines) is 1. The zero-order valence-corrected chi connectivity index (χ0v) is 19.8. The van der Waals surface area contributed by atoms with Gasteiger partial charge in [-0.25, -0.2) is 21.9 Å². The van der Waals surface area contributed by atoms with E-state index in [4.69, 9.17) is 4.74 Å². The molecule has 0 radical (unpaired) electrons. The van der Waals surface area contributed by atoms with Crippen molar-refractivity contribution in [2.75, 3.05) is 18.9 Å². The van der Waals surface area contributed by atoms with Crippen LogP contribution in [0, 0.1) is 17.0 Å². The Bertz CT molecular complexity index is 1210. The fraction of sp³-hybridized carbons (Fsp3) is 0.480. The van der Waals surface area contributed by atoms with Crippen molar-refractivity contribution in [3.63, 3.8) is 0 Å². The molecule has 2 heterocycles. The minimum atomic E-state index is -3.54. The lowest BCUT2D eigenvalue weighted by molar-refractivity contribution is -0.157. The summed E-state index contributed by atoms with van der Waals surface area (Å²) in [6.45, 7) is 2.52. The number of hydrogen-bond acceptors (Lipinski definition) is 4. The minimum absolute atomic E-state index is 0.0740. The molecule has 0 aromatic heterocycles. The summed E-state index contributed by atoms with van der Waals surface area (Å²) in [6.07, 6.45) is 1.86. The molecule has 2 aromatic carbocycles. The topological polar surface area (TPSA) is 75.7 Å². The number of halogens is 2. The van der Waals surface area contributed by atoms with Crippen LogP contribution >= 0.6 is 0 Å². The third kappa shape index (κ3) is 4.25. The van der Waals surface area contributed by atoms with E-state index in [0.29, 0.717) is 30.7 Å². The first kappa shape index (κ1) is 23.4. The summed E-state index contributed by atoms with van der Waals surface area (Å²) in [4.78, 5) is 14.9. The summed E-state index contributed by atoms with van der Waals surface area (Å²) in [5.74, 6) is -1.19. The first-order valence-corrected chi connectivity index (χ1v) is 13.3. The van der Waals surface area contributed by atoms with Crippen LogP contribution in [-0.2, 0) is 26.0 Å². The Balaban J connectivity index is 1.51. The summed E-state index contributed by atoms with van der Waals surface area (Å²) in [5.41, 5.74) is 0.714. The number of benzene rings is 2. The van der Waals surface area contributed by atoms with Crippen LogP contribution in [0.4, 0.5) is 8.78 Å². The highest BCUT2D eigenvalue weighted by molar-refractivity contribution is 7.89. The molecule has 182 valence electrons. The van der Waals surface area contributed by atoms with Gasteiger partial charge in [0.1, 0.15) is 17.7 Å². The molecule has 34 heavy (non-hydrogen) atoms. The monoisotopic (exact) mass is 490 g/mol. The van der Waals surface area contributed by atoms with Crippen molar-refractivity contribution < 1.29 is 26.7 Å².